The molecule has 0 aliphatic heterocycles. The fraction of sp³-hybridized carbons (Fsp3) is 0.364. The van der Waals surface area contributed by atoms with Crippen LogP contribution in [0, 0.1) is 6.92 Å². The lowest BCUT2D eigenvalue weighted by Gasteiger charge is -2.33. The topological polar surface area (TPSA) is 73.1 Å². The SMILES string of the molecule is COc1ccc(C)cc1-n1nnnc1SCC(=O)N(C)[C@H]1CCCc2ccccc21. The zero-order chi connectivity index (χ0) is 21.1. The number of carbonyl (C=O) groups is 1. The Hall–Kier alpha value is -2.87. The molecular weight excluding hydrogens is 398 g/mol. The van der Waals surface area contributed by atoms with Crippen molar-refractivity contribution in [1.29, 1.82) is 0 Å². The van der Waals surface area contributed by atoms with Crippen molar-refractivity contribution < 1.29 is 9.53 Å². The number of hydrogen-bond donors (Lipinski definition) is 0. The number of carbonyl (C=O) groups excluding carboxylic acids is 1. The number of amides is 1. The normalized spacial score (nSPS) is 15.5. The third kappa shape index (κ3) is 4.05. The summed E-state index contributed by atoms with van der Waals surface area (Å²) in [5, 5.41) is 12.6. The molecule has 1 heterocycles. The monoisotopic (exact) mass is 423 g/mol. The molecule has 1 aliphatic rings. The zero-order valence-electron chi connectivity index (χ0n) is 17.4. The average Bonchev–Trinajstić information content (AvgIpc) is 3.25. The first-order valence-corrected chi connectivity index (χ1v) is 11.0. The van der Waals surface area contributed by atoms with E-state index in [1.54, 1.807) is 11.8 Å². The summed E-state index contributed by atoms with van der Waals surface area (Å²) in [7, 11) is 3.51. The van der Waals surface area contributed by atoms with Crippen LogP contribution in [0.15, 0.2) is 47.6 Å². The number of methoxy groups -OCH3 is 1. The Labute approximate surface area is 180 Å². The summed E-state index contributed by atoms with van der Waals surface area (Å²) in [6.45, 7) is 2.00. The van der Waals surface area contributed by atoms with Gasteiger partial charge < -0.3 is 9.64 Å². The Morgan fingerprint density at radius 1 is 1.30 bits per heavy atom. The van der Waals surface area contributed by atoms with E-state index in [1.807, 2.05) is 43.1 Å². The van der Waals surface area contributed by atoms with E-state index in [4.69, 9.17) is 4.74 Å². The van der Waals surface area contributed by atoms with Gasteiger partial charge >= 0.3 is 0 Å². The molecule has 4 rings (SSSR count). The minimum absolute atomic E-state index is 0.0625. The molecule has 0 fully saturated rings. The predicted molar refractivity (Wildman–Crippen MR) is 116 cm³/mol. The number of hydrogen-bond acceptors (Lipinski definition) is 6. The van der Waals surface area contributed by atoms with E-state index in [-0.39, 0.29) is 17.7 Å². The van der Waals surface area contributed by atoms with Crippen molar-refractivity contribution in [3.8, 4) is 11.4 Å². The molecule has 0 unspecified atom stereocenters. The highest BCUT2D eigenvalue weighted by molar-refractivity contribution is 7.99. The minimum Gasteiger partial charge on any atom is -0.494 e. The summed E-state index contributed by atoms with van der Waals surface area (Å²) in [5.74, 6) is 1.01. The molecule has 0 saturated carbocycles. The predicted octanol–water partition coefficient (Wildman–Crippen LogP) is 3.61. The number of nitrogens with zero attached hydrogens (tertiary/aromatic N) is 5. The van der Waals surface area contributed by atoms with Crippen LogP contribution in [-0.4, -0.2) is 50.9 Å². The summed E-state index contributed by atoms with van der Waals surface area (Å²) in [5.41, 5.74) is 4.44. The molecule has 0 saturated heterocycles. The molecule has 1 amide bonds. The molecule has 0 spiro atoms. The van der Waals surface area contributed by atoms with E-state index in [9.17, 15) is 4.79 Å². The van der Waals surface area contributed by atoms with Crippen LogP contribution < -0.4 is 4.74 Å². The van der Waals surface area contributed by atoms with Gasteiger partial charge in [0.05, 0.1) is 18.9 Å². The Balaban J connectivity index is 1.49. The first kappa shape index (κ1) is 20.4. The Bertz CT molecular complexity index is 1050. The maximum absolute atomic E-state index is 13.0. The second kappa shape index (κ2) is 8.87. The van der Waals surface area contributed by atoms with Crippen LogP contribution in [0.4, 0.5) is 0 Å². The second-order valence-electron chi connectivity index (χ2n) is 7.45. The third-order valence-corrected chi connectivity index (χ3v) is 6.43. The Kier molecular flexibility index (Phi) is 6.03. The van der Waals surface area contributed by atoms with Gasteiger partial charge in [0, 0.05) is 7.05 Å². The Morgan fingerprint density at radius 2 is 2.13 bits per heavy atom. The van der Waals surface area contributed by atoms with E-state index < -0.39 is 0 Å². The van der Waals surface area contributed by atoms with Gasteiger partial charge in [-0.3, -0.25) is 4.79 Å². The molecule has 0 N–H and O–H groups in total. The van der Waals surface area contributed by atoms with Crippen molar-refractivity contribution in [2.75, 3.05) is 19.9 Å². The van der Waals surface area contributed by atoms with Gasteiger partial charge in [0.25, 0.3) is 0 Å². The van der Waals surface area contributed by atoms with Crippen LogP contribution in [-0.2, 0) is 11.2 Å². The summed E-state index contributed by atoms with van der Waals surface area (Å²) >= 11 is 1.34. The number of ether oxygens (including phenoxy) is 1. The van der Waals surface area contributed by atoms with Gasteiger partial charge in [-0.25, -0.2) is 0 Å². The van der Waals surface area contributed by atoms with Crippen LogP contribution in [0.25, 0.3) is 5.69 Å². The molecule has 7 nitrogen and oxygen atoms in total. The molecule has 1 aromatic heterocycles. The highest BCUT2D eigenvalue weighted by Gasteiger charge is 2.27. The second-order valence-corrected chi connectivity index (χ2v) is 8.39. The van der Waals surface area contributed by atoms with Crippen molar-refractivity contribution in [2.24, 2.45) is 0 Å². The molecule has 0 bridgehead atoms. The molecule has 1 aliphatic carbocycles. The molecular formula is C22H25N5O2S. The molecule has 1 atom stereocenters. The number of rotatable bonds is 6. The van der Waals surface area contributed by atoms with Gasteiger partial charge in [-0.2, -0.15) is 4.68 Å². The van der Waals surface area contributed by atoms with E-state index >= 15 is 0 Å². The van der Waals surface area contributed by atoms with Crippen molar-refractivity contribution >= 4 is 17.7 Å². The molecule has 0 radical (unpaired) electrons. The van der Waals surface area contributed by atoms with Crippen molar-refractivity contribution in [1.82, 2.24) is 25.1 Å². The van der Waals surface area contributed by atoms with Gasteiger partial charge in [-0.05, 0) is 65.4 Å². The van der Waals surface area contributed by atoms with Crippen molar-refractivity contribution in [2.45, 2.75) is 37.4 Å². The quantitative estimate of drug-likeness (QED) is 0.564. The highest BCUT2D eigenvalue weighted by atomic mass is 32.2. The fourth-order valence-corrected chi connectivity index (χ4v) is 4.73. The lowest BCUT2D eigenvalue weighted by atomic mass is 9.87. The van der Waals surface area contributed by atoms with Gasteiger partial charge in [-0.1, -0.05) is 42.1 Å². The van der Waals surface area contributed by atoms with E-state index in [1.165, 1.54) is 22.9 Å². The molecule has 8 heteroatoms. The van der Waals surface area contributed by atoms with Crippen LogP contribution in [0.5, 0.6) is 5.75 Å². The van der Waals surface area contributed by atoms with Crippen LogP contribution in [0.3, 0.4) is 0 Å². The Morgan fingerprint density at radius 3 is 2.97 bits per heavy atom. The fourth-order valence-electron chi connectivity index (χ4n) is 3.92. The summed E-state index contributed by atoms with van der Waals surface area (Å²) in [6.07, 6.45) is 3.16. The van der Waals surface area contributed by atoms with Crippen LogP contribution >= 0.6 is 11.8 Å². The average molecular weight is 424 g/mol. The number of fused-ring (bicyclic) bond motifs is 1. The molecule has 156 valence electrons. The largest absolute Gasteiger partial charge is 0.494 e. The van der Waals surface area contributed by atoms with Crippen LogP contribution in [0.2, 0.25) is 0 Å². The number of tetrazole rings is 1. The minimum atomic E-state index is 0.0625. The summed E-state index contributed by atoms with van der Waals surface area (Å²) in [6, 6.07) is 14.4. The summed E-state index contributed by atoms with van der Waals surface area (Å²) < 4.78 is 7.08. The smallest absolute Gasteiger partial charge is 0.233 e. The lowest BCUT2D eigenvalue weighted by Crippen LogP contribution is -2.34. The van der Waals surface area contributed by atoms with Crippen molar-refractivity contribution in [3.05, 3.63) is 59.2 Å². The molecule has 30 heavy (non-hydrogen) atoms. The van der Waals surface area contributed by atoms with E-state index in [0.29, 0.717) is 10.9 Å². The van der Waals surface area contributed by atoms with Gasteiger partial charge in [0.15, 0.2) is 0 Å². The first-order valence-electron chi connectivity index (χ1n) is 9.98. The maximum atomic E-state index is 13.0. The molecule has 3 aromatic rings. The van der Waals surface area contributed by atoms with Crippen molar-refractivity contribution in [3.63, 3.8) is 0 Å². The first-order chi connectivity index (χ1) is 14.6. The highest BCUT2D eigenvalue weighted by Crippen LogP contribution is 2.34. The maximum Gasteiger partial charge on any atom is 0.233 e. The zero-order valence-corrected chi connectivity index (χ0v) is 18.2. The van der Waals surface area contributed by atoms with E-state index in [2.05, 4.69) is 33.7 Å². The number of aromatic nitrogens is 4. The number of benzene rings is 2. The molecule has 2 aromatic carbocycles. The third-order valence-electron chi connectivity index (χ3n) is 5.53. The van der Waals surface area contributed by atoms with Crippen LogP contribution in [0.1, 0.15) is 35.6 Å². The van der Waals surface area contributed by atoms with Gasteiger partial charge in [-0.15, -0.1) is 5.10 Å². The number of thioether (sulfide) groups is 1. The number of aryl methyl sites for hydroxylation is 2. The van der Waals surface area contributed by atoms with Gasteiger partial charge in [0.2, 0.25) is 11.1 Å². The lowest BCUT2D eigenvalue weighted by molar-refractivity contribution is -0.129. The van der Waals surface area contributed by atoms with Gasteiger partial charge in [0.1, 0.15) is 11.4 Å². The summed E-state index contributed by atoms with van der Waals surface area (Å²) in [4.78, 5) is 14.8. The standard InChI is InChI=1S/C22H25N5O2S/c1-15-11-12-20(29-3)19(13-15)27-22(23-24-25-27)30-14-21(28)26(2)18-10-6-8-16-7-4-5-9-17(16)18/h4-5,7,9,11-13,18H,6,8,10,14H2,1-3H3/t18-/m0/s1. The van der Waals surface area contributed by atoms with E-state index in [0.717, 1.165) is 30.5 Å².